The number of rotatable bonds is 14. The monoisotopic (exact) mass is 538 g/mol. The second-order valence-electron chi connectivity index (χ2n) is 7.29. The van der Waals surface area contributed by atoms with Gasteiger partial charge in [0.2, 0.25) is 0 Å². The van der Waals surface area contributed by atoms with Gasteiger partial charge in [-0.05, 0) is 58.0 Å². The molecule has 0 spiro atoms. The van der Waals surface area contributed by atoms with E-state index in [1.165, 1.54) is 12.1 Å². The number of benzene rings is 1. The van der Waals surface area contributed by atoms with Gasteiger partial charge >= 0.3 is 6.18 Å². The lowest BCUT2D eigenvalue weighted by atomic mass is 10.0. The third-order valence-electron chi connectivity index (χ3n) is 4.98. The number of hydrogen-bond donors (Lipinski definition) is 2. The Morgan fingerprint density at radius 1 is 1.23 bits per heavy atom. The molecule has 2 N–H and O–H groups in total. The summed E-state index contributed by atoms with van der Waals surface area (Å²) < 4.78 is 45.3. The fraction of sp³-hybridized carbons (Fsp3) is 0.542. The molecular formula is C24H35Cl2F3N4O2. The van der Waals surface area contributed by atoms with E-state index in [1.54, 1.807) is 6.92 Å². The van der Waals surface area contributed by atoms with Crippen LogP contribution in [0.15, 0.2) is 39.5 Å². The van der Waals surface area contributed by atoms with E-state index < -0.39 is 17.8 Å². The van der Waals surface area contributed by atoms with Crippen LogP contribution in [-0.2, 0) is 15.7 Å². The van der Waals surface area contributed by atoms with Gasteiger partial charge in [-0.15, -0.1) is 11.6 Å². The number of unbranched alkanes of at least 4 members (excludes halogenated alkanes) is 1. The number of allylic oxidation sites excluding steroid dienone is 1. The van der Waals surface area contributed by atoms with Crippen LogP contribution in [0.25, 0.3) is 0 Å². The maximum atomic E-state index is 13.2. The quantitative estimate of drug-likeness (QED) is 0.0972. The van der Waals surface area contributed by atoms with Crippen LogP contribution in [0.5, 0.6) is 0 Å². The minimum absolute atomic E-state index is 0.205. The maximum absolute atomic E-state index is 13.2. The summed E-state index contributed by atoms with van der Waals surface area (Å²) in [7, 11) is 1.87. The number of nitrogens with zero attached hydrogens (tertiary/aromatic N) is 2. The van der Waals surface area contributed by atoms with Crippen LogP contribution in [0.4, 0.5) is 13.2 Å². The molecule has 1 atom stereocenters. The van der Waals surface area contributed by atoms with E-state index in [0.717, 1.165) is 36.7 Å². The first-order valence-electron chi connectivity index (χ1n) is 11.1. The molecule has 0 aliphatic rings. The summed E-state index contributed by atoms with van der Waals surface area (Å²) in [5.41, 5.74) is 1.09. The first-order valence-corrected chi connectivity index (χ1v) is 12.1. The van der Waals surface area contributed by atoms with Gasteiger partial charge in [-0.25, -0.2) is 4.99 Å². The van der Waals surface area contributed by atoms with E-state index >= 15 is 0 Å². The van der Waals surface area contributed by atoms with Crippen molar-refractivity contribution in [1.82, 2.24) is 10.6 Å². The van der Waals surface area contributed by atoms with Gasteiger partial charge in [-0.3, -0.25) is 4.99 Å². The molecule has 0 saturated heterocycles. The van der Waals surface area contributed by atoms with Gasteiger partial charge < -0.3 is 20.2 Å². The predicted molar refractivity (Wildman–Crippen MR) is 139 cm³/mol. The average Bonchev–Trinajstić information content (AvgIpc) is 2.83. The lowest BCUT2D eigenvalue weighted by molar-refractivity contribution is -0.137. The molecule has 0 fully saturated rings. The van der Waals surface area contributed by atoms with Crippen molar-refractivity contribution in [2.45, 2.75) is 51.7 Å². The Kier molecular flexibility index (Phi) is 17.3. The molecule has 1 unspecified atom stereocenters. The van der Waals surface area contributed by atoms with Gasteiger partial charge in [0.25, 0.3) is 0 Å². The third kappa shape index (κ3) is 11.6. The van der Waals surface area contributed by atoms with Crippen molar-refractivity contribution >= 4 is 42.5 Å². The molecule has 1 aromatic rings. The Balaban J connectivity index is 0.00000562. The van der Waals surface area contributed by atoms with Gasteiger partial charge in [0.1, 0.15) is 6.79 Å². The Hall–Kier alpha value is -1.94. The lowest BCUT2D eigenvalue weighted by Gasteiger charge is -2.18. The smallest absolute Gasteiger partial charge is 0.380 e. The number of ether oxygens (including phenoxy) is 1. The zero-order chi connectivity index (χ0) is 26.9. The standard InChI is InChI=1S/C23H33Cl2F3N4O.CH2O/c1-5-17(20(31-15-24)11-6-7-13-33-14-12-29-3)22(30-4)32-16(2)18-9-8-10-19(21(18)25)23(26,27)28;1-2/h8-10,16,29,31H,4-7,11-15H2,1-3H3;1H2/b20-17-,32-22?;. The van der Waals surface area contributed by atoms with E-state index in [4.69, 9.17) is 32.7 Å². The van der Waals surface area contributed by atoms with Gasteiger partial charge in [0, 0.05) is 24.4 Å². The number of likely N-dealkylation sites (N-methyl/N-ethyl adjacent to an activating group) is 1. The first kappa shape index (κ1) is 33.1. The Morgan fingerprint density at radius 3 is 2.46 bits per heavy atom. The Morgan fingerprint density at radius 2 is 1.91 bits per heavy atom. The summed E-state index contributed by atoms with van der Waals surface area (Å²) in [5, 5.41) is 5.83. The second kappa shape index (κ2) is 18.3. The van der Waals surface area contributed by atoms with Crippen molar-refractivity contribution in [1.29, 1.82) is 0 Å². The van der Waals surface area contributed by atoms with E-state index in [-0.39, 0.29) is 16.6 Å². The molecule has 0 saturated carbocycles. The van der Waals surface area contributed by atoms with Gasteiger partial charge in [-0.1, -0.05) is 30.7 Å². The Bertz CT molecular complexity index is 833. The highest BCUT2D eigenvalue weighted by atomic mass is 35.5. The molecule has 0 aromatic heterocycles. The molecule has 11 heteroatoms. The van der Waals surface area contributed by atoms with Crippen molar-refractivity contribution < 1.29 is 22.7 Å². The van der Waals surface area contributed by atoms with Crippen LogP contribution >= 0.6 is 23.2 Å². The zero-order valence-corrected chi connectivity index (χ0v) is 22.0. The summed E-state index contributed by atoms with van der Waals surface area (Å²) in [6.45, 7) is 11.4. The number of alkyl halides is 4. The summed E-state index contributed by atoms with van der Waals surface area (Å²) in [4.78, 5) is 16.6. The number of halogens is 5. The van der Waals surface area contributed by atoms with Crippen LogP contribution in [0.1, 0.15) is 56.7 Å². The molecule has 0 amide bonds. The van der Waals surface area contributed by atoms with Gasteiger partial charge in [0.05, 0.1) is 29.2 Å². The SMILES string of the molecule is C=NC(=NC(C)c1cccc(C(F)(F)F)c1Cl)/C(CC)=C(/CCCCOCCNC)NCCl.C=O. The average molecular weight is 539 g/mol. The van der Waals surface area contributed by atoms with Gasteiger partial charge in [-0.2, -0.15) is 13.2 Å². The minimum Gasteiger partial charge on any atom is -0.380 e. The Labute approximate surface area is 216 Å². The number of carbonyl (C=O) groups excluding carboxylic acids is 1. The molecular weight excluding hydrogens is 504 g/mol. The summed E-state index contributed by atoms with van der Waals surface area (Å²) in [6, 6.07) is 3.37. The molecule has 0 aliphatic carbocycles. The summed E-state index contributed by atoms with van der Waals surface area (Å²) in [5.74, 6) is 0.358. The predicted octanol–water partition coefficient (Wildman–Crippen LogP) is 6.19. The van der Waals surface area contributed by atoms with Crippen LogP contribution < -0.4 is 10.6 Å². The second-order valence-corrected chi connectivity index (χ2v) is 7.93. The van der Waals surface area contributed by atoms with Crippen molar-refractivity contribution in [3.05, 3.63) is 45.6 Å². The topological polar surface area (TPSA) is 75.1 Å². The molecule has 198 valence electrons. The number of aliphatic imine (C=N–C) groups is 2. The fourth-order valence-electron chi connectivity index (χ4n) is 3.27. The molecule has 35 heavy (non-hydrogen) atoms. The molecule has 0 aliphatic heterocycles. The normalized spacial score (nSPS) is 13.4. The largest absolute Gasteiger partial charge is 0.417 e. The van der Waals surface area contributed by atoms with Crippen LogP contribution in [-0.4, -0.2) is 52.2 Å². The van der Waals surface area contributed by atoms with Crippen LogP contribution in [0.3, 0.4) is 0 Å². The number of hydrogen-bond acceptors (Lipinski definition) is 5. The molecule has 6 nitrogen and oxygen atoms in total. The first-order chi connectivity index (χ1) is 16.7. The van der Waals surface area contributed by atoms with E-state index in [2.05, 4.69) is 27.3 Å². The van der Waals surface area contributed by atoms with E-state index in [0.29, 0.717) is 31.9 Å². The highest BCUT2D eigenvalue weighted by Crippen LogP contribution is 2.38. The lowest BCUT2D eigenvalue weighted by Crippen LogP contribution is -2.18. The highest BCUT2D eigenvalue weighted by molar-refractivity contribution is 6.32. The van der Waals surface area contributed by atoms with Gasteiger partial charge in [0.15, 0.2) is 5.84 Å². The van der Waals surface area contributed by atoms with Crippen molar-refractivity contribution in [2.75, 3.05) is 32.8 Å². The van der Waals surface area contributed by atoms with E-state index in [9.17, 15) is 13.2 Å². The fourth-order valence-corrected chi connectivity index (χ4v) is 3.83. The van der Waals surface area contributed by atoms with Crippen LogP contribution in [0, 0.1) is 0 Å². The third-order valence-corrected chi connectivity index (χ3v) is 5.54. The molecule has 0 radical (unpaired) electrons. The summed E-state index contributed by atoms with van der Waals surface area (Å²) >= 11 is 12.0. The highest BCUT2D eigenvalue weighted by Gasteiger charge is 2.34. The molecule has 1 rings (SSSR count). The van der Waals surface area contributed by atoms with Crippen LogP contribution in [0.2, 0.25) is 5.02 Å². The molecule has 0 heterocycles. The minimum atomic E-state index is -4.54. The van der Waals surface area contributed by atoms with E-state index in [1.807, 2.05) is 20.8 Å². The molecule has 1 aromatic carbocycles. The number of amidine groups is 1. The van der Waals surface area contributed by atoms with Crippen molar-refractivity contribution in [3.63, 3.8) is 0 Å². The zero-order valence-electron chi connectivity index (χ0n) is 20.5. The number of nitrogens with one attached hydrogen (secondary N) is 2. The van der Waals surface area contributed by atoms with Crippen molar-refractivity contribution in [3.8, 4) is 0 Å². The van der Waals surface area contributed by atoms with Crippen molar-refractivity contribution in [2.24, 2.45) is 9.98 Å². The number of carbonyl (C=O) groups is 1. The maximum Gasteiger partial charge on any atom is 0.417 e. The molecule has 0 bridgehead atoms. The summed E-state index contributed by atoms with van der Waals surface area (Å²) in [6.07, 6.45) is -1.50.